The lowest BCUT2D eigenvalue weighted by Crippen LogP contribution is -2.41. The molecule has 148 valence electrons. The van der Waals surface area contributed by atoms with Crippen LogP contribution in [0.15, 0.2) is 35.5 Å². The summed E-state index contributed by atoms with van der Waals surface area (Å²) in [5.41, 5.74) is 2.91. The van der Waals surface area contributed by atoms with Crippen LogP contribution in [0.2, 0.25) is 0 Å². The number of hydrogen-bond donors (Lipinski definition) is 1. The summed E-state index contributed by atoms with van der Waals surface area (Å²) in [7, 11) is 1.84. The molecule has 3 aliphatic heterocycles. The molecular weight excluding hydrogens is 357 g/mol. The van der Waals surface area contributed by atoms with Gasteiger partial charge in [-0.25, -0.2) is 9.07 Å². The minimum atomic E-state index is -0.243. The first-order chi connectivity index (χ1) is 13.6. The molecule has 28 heavy (non-hydrogen) atoms. The third-order valence-corrected chi connectivity index (χ3v) is 6.49. The summed E-state index contributed by atoms with van der Waals surface area (Å²) in [4.78, 5) is 6.89. The van der Waals surface area contributed by atoms with E-state index in [0.717, 1.165) is 36.0 Å². The molecule has 4 unspecified atom stereocenters. The predicted molar refractivity (Wildman–Crippen MR) is 105 cm³/mol. The van der Waals surface area contributed by atoms with Crippen molar-refractivity contribution in [1.82, 2.24) is 20.0 Å². The number of ether oxygens (including phenoxy) is 1. The first-order valence-electron chi connectivity index (χ1n) is 10.0. The van der Waals surface area contributed by atoms with Crippen LogP contribution in [0, 0.1) is 24.6 Å². The van der Waals surface area contributed by atoms with Crippen molar-refractivity contribution in [3.05, 3.63) is 47.5 Å². The summed E-state index contributed by atoms with van der Waals surface area (Å²) in [5.74, 6) is 2.01. The second-order valence-electron chi connectivity index (χ2n) is 8.08. The maximum absolute atomic E-state index is 13.2. The third-order valence-electron chi connectivity index (χ3n) is 6.49. The van der Waals surface area contributed by atoms with E-state index in [0.29, 0.717) is 30.6 Å². The summed E-state index contributed by atoms with van der Waals surface area (Å²) in [5, 5.41) is 8.07. The normalized spacial score (nSPS) is 28.8. The Kier molecular flexibility index (Phi) is 4.34. The van der Waals surface area contributed by atoms with Crippen molar-refractivity contribution in [2.24, 2.45) is 16.8 Å². The van der Waals surface area contributed by atoms with Gasteiger partial charge in [0.2, 0.25) is 0 Å². The lowest BCUT2D eigenvalue weighted by molar-refractivity contribution is 0.0767. The van der Waals surface area contributed by atoms with E-state index in [-0.39, 0.29) is 5.82 Å². The second kappa shape index (κ2) is 6.88. The number of benzene rings is 1. The highest BCUT2D eigenvalue weighted by Crippen LogP contribution is 2.47. The summed E-state index contributed by atoms with van der Waals surface area (Å²) < 4.78 is 21.0. The van der Waals surface area contributed by atoms with E-state index >= 15 is 0 Å². The van der Waals surface area contributed by atoms with E-state index in [1.165, 1.54) is 25.0 Å². The standard InChI is InChI=1S/C21H26FN5O/c1-13-14(10-27(25-13)16-5-3-15(22)4-6-16)9-24-21(23-2)26-11-17-18(12-26)20-8-7-19(17)28-20/h3-6,10,17-20H,7-9,11-12H2,1-2H3,(H,23,24). The number of guanidine groups is 1. The number of hydrogen-bond acceptors (Lipinski definition) is 3. The molecule has 4 heterocycles. The fraction of sp³-hybridized carbons (Fsp3) is 0.524. The van der Waals surface area contributed by atoms with Crippen molar-refractivity contribution < 1.29 is 9.13 Å². The largest absolute Gasteiger partial charge is 0.374 e. The Labute approximate surface area is 164 Å². The monoisotopic (exact) mass is 383 g/mol. The van der Waals surface area contributed by atoms with Gasteiger partial charge in [-0.1, -0.05) is 0 Å². The highest BCUT2D eigenvalue weighted by atomic mass is 19.1. The molecule has 1 aromatic carbocycles. The number of halogens is 1. The zero-order valence-corrected chi connectivity index (χ0v) is 16.3. The number of likely N-dealkylation sites (tertiary alicyclic amines) is 1. The van der Waals surface area contributed by atoms with Gasteiger partial charge < -0.3 is 15.0 Å². The molecule has 0 amide bonds. The van der Waals surface area contributed by atoms with Crippen LogP contribution < -0.4 is 5.32 Å². The van der Waals surface area contributed by atoms with E-state index in [4.69, 9.17) is 4.74 Å². The number of aryl methyl sites for hydroxylation is 1. The fourth-order valence-corrected chi connectivity index (χ4v) is 5.03. The lowest BCUT2D eigenvalue weighted by Gasteiger charge is -2.23. The number of aromatic nitrogens is 2. The van der Waals surface area contributed by atoms with E-state index in [9.17, 15) is 4.39 Å². The van der Waals surface area contributed by atoms with Crippen LogP contribution in [0.1, 0.15) is 24.1 Å². The van der Waals surface area contributed by atoms with E-state index < -0.39 is 0 Å². The fourth-order valence-electron chi connectivity index (χ4n) is 5.03. The van der Waals surface area contributed by atoms with Crippen LogP contribution >= 0.6 is 0 Å². The number of nitrogens with zero attached hydrogens (tertiary/aromatic N) is 4. The Hall–Kier alpha value is -2.41. The smallest absolute Gasteiger partial charge is 0.193 e. The molecule has 3 fully saturated rings. The minimum absolute atomic E-state index is 0.243. The number of fused-ring (bicyclic) bond motifs is 5. The van der Waals surface area contributed by atoms with Crippen LogP contribution in [-0.4, -0.2) is 53.0 Å². The third kappa shape index (κ3) is 2.98. The zero-order chi connectivity index (χ0) is 19.3. The Bertz CT molecular complexity index is 875. The van der Waals surface area contributed by atoms with E-state index in [1.807, 2.05) is 20.2 Å². The molecule has 0 spiro atoms. The number of rotatable bonds is 3. The molecule has 5 rings (SSSR count). The average Bonchev–Trinajstić information content (AvgIpc) is 3.45. The van der Waals surface area contributed by atoms with Crippen LogP contribution in [0.4, 0.5) is 4.39 Å². The molecule has 2 bridgehead atoms. The molecule has 3 saturated heterocycles. The first kappa shape index (κ1) is 17.7. The summed E-state index contributed by atoms with van der Waals surface area (Å²) in [6.07, 6.45) is 5.33. The highest BCUT2D eigenvalue weighted by Gasteiger charge is 2.53. The molecular formula is C21H26FN5O. The minimum Gasteiger partial charge on any atom is -0.374 e. The second-order valence-corrected chi connectivity index (χ2v) is 8.08. The zero-order valence-electron chi connectivity index (χ0n) is 16.3. The van der Waals surface area contributed by atoms with Crippen molar-refractivity contribution in [2.45, 2.75) is 38.5 Å². The van der Waals surface area contributed by atoms with Crippen LogP contribution in [0.5, 0.6) is 0 Å². The average molecular weight is 383 g/mol. The van der Waals surface area contributed by atoms with Gasteiger partial charge in [0.25, 0.3) is 0 Å². The topological polar surface area (TPSA) is 54.7 Å². The molecule has 4 atom stereocenters. The van der Waals surface area contributed by atoms with Crippen LogP contribution in [-0.2, 0) is 11.3 Å². The van der Waals surface area contributed by atoms with Gasteiger partial charge in [0.1, 0.15) is 5.82 Å². The highest BCUT2D eigenvalue weighted by molar-refractivity contribution is 5.80. The van der Waals surface area contributed by atoms with Gasteiger partial charge in [-0.3, -0.25) is 4.99 Å². The van der Waals surface area contributed by atoms with Gasteiger partial charge in [0.05, 0.1) is 23.6 Å². The molecule has 3 aliphatic rings. The Balaban J connectivity index is 1.25. The molecule has 1 N–H and O–H groups in total. The summed E-state index contributed by atoms with van der Waals surface area (Å²) in [6, 6.07) is 6.37. The van der Waals surface area contributed by atoms with Crippen molar-refractivity contribution >= 4 is 5.96 Å². The first-order valence-corrected chi connectivity index (χ1v) is 10.0. The Morgan fingerprint density at radius 2 is 1.89 bits per heavy atom. The van der Waals surface area contributed by atoms with Crippen LogP contribution in [0.3, 0.4) is 0 Å². The van der Waals surface area contributed by atoms with Crippen molar-refractivity contribution in [1.29, 1.82) is 0 Å². The van der Waals surface area contributed by atoms with Crippen LogP contribution in [0.25, 0.3) is 5.69 Å². The SMILES string of the molecule is CN=C(NCc1cn(-c2ccc(F)cc2)nc1C)N1CC2C3CCC(O3)C2C1. The summed E-state index contributed by atoms with van der Waals surface area (Å²) >= 11 is 0. The van der Waals surface area contributed by atoms with E-state index in [2.05, 4.69) is 20.3 Å². The van der Waals surface area contributed by atoms with Crippen molar-refractivity contribution in [3.8, 4) is 5.69 Å². The predicted octanol–water partition coefficient (Wildman–Crippen LogP) is 2.50. The maximum atomic E-state index is 13.2. The quantitative estimate of drug-likeness (QED) is 0.654. The number of nitrogens with one attached hydrogen (secondary N) is 1. The van der Waals surface area contributed by atoms with Gasteiger partial charge in [-0.05, 0) is 44.0 Å². The van der Waals surface area contributed by atoms with Crippen molar-refractivity contribution in [3.63, 3.8) is 0 Å². The molecule has 7 heteroatoms. The molecule has 1 aromatic heterocycles. The molecule has 6 nitrogen and oxygen atoms in total. The molecule has 0 aliphatic carbocycles. The lowest BCUT2D eigenvalue weighted by atomic mass is 9.82. The van der Waals surface area contributed by atoms with Gasteiger partial charge in [-0.2, -0.15) is 5.10 Å². The maximum Gasteiger partial charge on any atom is 0.193 e. The number of aliphatic imine (C=N–C) groups is 1. The van der Waals surface area contributed by atoms with Gasteiger partial charge in [0.15, 0.2) is 5.96 Å². The van der Waals surface area contributed by atoms with Gasteiger partial charge in [0, 0.05) is 50.3 Å². The van der Waals surface area contributed by atoms with Gasteiger partial charge in [-0.15, -0.1) is 0 Å². The van der Waals surface area contributed by atoms with Crippen molar-refractivity contribution in [2.75, 3.05) is 20.1 Å². The summed E-state index contributed by atoms with van der Waals surface area (Å²) in [6.45, 7) is 4.71. The Morgan fingerprint density at radius 3 is 2.54 bits per heavy atom. The molecule has 0 saturated carbocycles. The molecule has 2 aromatic rings. The molecule has 0 radical (unpaired) electrons. The Morgan fingerprint density at radius 1 is 1.21 bits per heavy atom. The van der Waals surface area contributed by atoms with E-state index in [1.54, 1.807) is 16.8 Å². The van der Waals surface area contributed by atoms with Gasteiger partial charge >= 0.3 is 0 Å².